The average molecular weight is 411 g/mol. The summed E-state index contributed by atoms with van der Waals surface area (Å²) in [5.41, 5.74) is 0. The summed E-state index contributed by atoms with van der Waals surface area (Å²) in [4.78, 5) is 28.0. The van der Waals surface area contributed by atoms with Crippen molar-refractivity contribution in [3.8, 4) is 0 Å². The lowest BCUT2D eigenvalue weighted by atomic mass is 10.2. The maximum Gasteiger partial charge on any atom is 0.242 e. The first kappa shape index (κ1) is 20.7. The minimum atomic E-state index is -3.70. The van der Waals surface area contributed by atoms with Gasteiger partial charge in [-0.1, -0.05) is 0 Å². The van der Waals surface area contributed by atoms with E-state index in [1.807, 2.05) is 4.90 Å². The van der Waals surface area contributed by atoms with Gasteiger partial charge in [0.2, 0.25) is 21.8 Å². The van der Waals surface area contributed by atoms with Crippen molar-refractivity contribution < 1.29 is 22.4 Å². The molecule has 0 aromatic heterocycles. The molecule has 0 radical (unpaired) electrons. The molecule has 0 spiro atoms. The Morgan fingerprint density at radius 1 is 1.07 bits per heavy atom. The molecule has 154 valence electrons. The van der Waals surface area contributed by atoms with Gasteiger partial charge in [-0.25, -0.2) is 17.1 Å². The number of carbonyl (C=O) groups excluding carboxylic acids is 2. The summed E-state index contributed by atoms with van der Waals surface area (Å²) < 4.78 is 39.1. The Hall–Kier alpha value is -2.00. The highest BCUT2D eigenvalue weighted by atomic mass is 32.2. The number of rotatable bonds is 7. The fraction of sp³-hybridized carbons (Fsp3) is 0.579. The standard InChI is InChI=1S/C19H26FN3O4S/c1-21(28(26,27)17-8-6-16(20)7-9-17)10-2-3-18(24)22-11-13-23(14-12-22)19(25)15-4-5-15/h6-9,15H,2-5,10-14H2,1H3. The van der Waals surface area contributed by atoms with Crippen LogP contribution in [0.5, 0.6) is 0 Å². The van der Waals surface area contributed by atoms with Gasteiger partial charge < -0.3 is 9.80 Å². The minimum Gasteiger partial charge on any atom is -0.339 e. The summed E-state index contributed by atoms with van der Waals surface area (Å²) >= 11 is 0. The molecular weight excluding hydrogens is 385 g/mol. The molecule has 2 fully saturated rings. The van der Waals surface area contributed by atoms with Crippen molar-refractivity contribution in [1.29, 1.82) is 0 Å². The van der Waals surface area contributed by atoms with Crippen molar-refractivity contribution >= 4 is 21.8 Å². The number of sulfonamides is 1. The van der Waals surface area contributed by atoms with Crippen molar-refractivity contribution in [2.24, 2.45) is 5.92 Å². The van der Waals surface area contributed by atoms with Gasteiger partial charge in [0.1, 0.15) is 5.82 Å². The van der Waals surface area contributed by atoms with Gasteiger partial charge in [0, 0.05) is 52.1 Å². The Morgan fingerprint density at radius 3 is 2.21 bits per heavy atom. The fourth-order valence-electron chi connectivity index (χ4n) is 3.28. The van der Waals surface area contributed by atoms with Crippen LogP contribution in [-0.4, -0.2) is 74.1 Å². The number of halogens is 1. The molecule has 2 amide bonds. The second kappa shape index (κ2) is 8.57. The van der Waals surface area contributed by atoms with Crippen LogP contribution in [0.3, 0.4) is 0 Å². The van der Waals surface area contributed by atoms with Crippen LogP contribution in [0.25, 0.3) is 0 Å². The van der Waals surface area contributed by atoms with Gasteiger partial charge in [0.25, 0.3) is 0 Å². The first-order valence-electron chi connectivity index (χ1n) is 9.57. The molecule has 7 nitrogen and oxygen atoms in total. The molecule has 1 saturated heterocycles. The van der Waals surface area contributed by atoms with E-state index >= 15 is 0 Å². The molecule has 3 rings (SSSR count). The zero-order chi connectivity index (χ0) is 20.3. The van der Waals surface area contributed by atoms with Crippen LogP contribution in [0, 0.1) is 11.7 Å². The molecule has 1 aliphatic carbocycles. The molecule has 0 unspecified atom stereocenters. The average Bonchev–Trinajstić information content (AvgIpc) is 3.53. The summed E-state index contributed by atoms with van der Waals surface area (Å²) in [5, 5.41) is 0. The van der Waals surface area contributed by atoms with E-state index in [9.17, 15) is 22.4 Å². The Bertz CT molecular complexity index is 816. The van der Waals surface area contributed by atoms with Gasteiger partial charge in [0.05, 0.1) is 4.90 Å². The summed E-state index contributed by atoms with van der Waals surface area (Å²) in [6.07, 6.45) is 2.61. The molecule has 1 aromatic carbocycles. The van der Waals surface area contributed by atoms with Crippen LogP contribution in [-0.2, 0) is 19.6 Å². The van der Waals surface area contributed by atoms with Crippen molar-refractivity contribution in [2.75, 3.05) is 39.8 Å². The number of benzene rings is 1. The molecule has 0 N–H and O–H groups in total. The first-order chi connectivity index (χ1) is 13.3. The summed E-state index contributed by atoms with van der Waals surface area (Å²) in [5.74, 6) is -0.113. The highest BCUT2D eigenvalue weighted by Gasteiger charge is 2.35. The number of amides is 2. The molecule has 1 aliphatic heterocycles. The summed E-state index contributed by atoms with van der Waals surface area (Å²) in [7, 11) is -2.25. The van der Waals surface area contributed by atoms with E-state index in [-0.39, 0.29) is 35.6 Å². The van der Waals surface area contributed by atoms with E-state index in [1.54, 1.807) is 4.90 Å². The lowest BCUT2D eigenvalue weighted by Gasteiger charge is -2.35. The molecule has 1 heterocycles. The monoisotopic (exact) mass is 411 g/mol. The number of piperazine rings is 1. The molecule has 0 bridgehead atoms. The van der Waals surface area contributed by atoms with Crippen LogP contribution < -0.4 is 0 Å². The number of hydrogen-bond donors (Lipinski definition) is 0. The van der Waals surface area contributed by atoms with Crippen molar-refractivity contribution in [1.82, 2.24) is 14.1 Å². The first-order valence-corrected chi connectivity index (χ1v) is 11.0. The smallest absolute Gasteiger partial charge is 0.242 e. The largest absolute Gasteiger partial charge is 0.339 e. The highest BCUT2D eigenvalue weighted by molar-refractivity contribution is 7.89. The third-order valence-corrected chi connectivity index (χ3v) is 7.13. The van der Waals surface area contributed by atoms with E-state index in [0.717, 1.165) is 25.0 Å². The van der Waals surface area contributed by atoms with Crippen LogP contribution in [0.4, 0.5) is 4.39 Å². The fourth-order valence-corrected chi connectivity index (χ4v) is 4.49. The van der Waals surface area contributed by atoms with Gasteiger partial charge in [0.15, 0.2) is 0 Å². The van der Waals surface area contributed by atoms with Crippen molar-refractivity contribution in [3.63, 3.8) is 0 Å². The predicted octanol–water partition coefficient (Wildman–Crippen LogP) is 1.31. The SMILES string of the molecule is CN(CCCC(=O)N1CCN(C(=O)C2CC2)CC1)S(=O)(=O)c1ccc(F)cc1. The van der Waals surface area contributed by atoms with Gasteiger partial charge in [-0.15, -0.1) is 0 Å². The maximum absolute atomic E-state index is 13.0. The number of carbonyl (C=O) groups is 2. The summed E-state index contributed by atoms with van der Waals surface area (Å²) in [6.45, 7) is 2.40. The molecule has 9 heteroatoms. The van der Waals surface area contributed by atoms with Crippen LogP contribution in [0.15, 0.2) is 29.2 Å². The number of nitrogens with zero attached hydrogens (tertiary/aromatic N) is 3. The van der Waals surface area contributed by atoms with E-state index < -0.39 is 15.8 Å². The quantitative estimate of drug-likeness (QED) is 0.678. The summed E-state index contributed by atoms with van der Waals surface area (Å²) in [6, 6.07) is 4.68. The molecule has 1 saturated carbocycles. The zero-order valence-corrected chi connectivity index (χ0v) is 16.8. The zero-order valence-electron chi connectivity index (χ0n) is 16.0. The van der Waals surface area contributed by atoms with Gasteiger partial charge in [-0.3, -0.25) is 9.59 Å². The predicted molar refractivity (Wildman–Crippen MR) is 101 cm³/mol. The van der Waals surface area contributed by atoms with E-state index in [0.29, 0.717) is 32.6 Å². The third-order valence-electron chi connectivity index (χ3n) is 5.26. The highest BCUT2D eigenvalue weighted by Crippen LogP contribution is 2.31. The number of hydrogen-bond acceptors (Lipinski definition) is 4. The van der Waals surface area contributed by atoms with E-state index in [2.05, 4.69) is 0 Å². The Labute approximate surface area is 165 Å². The van der Waals surface area contributed by atoms with Gasteiger partial charge >= 0.3 is 0 Å². The molecular formula is C19H26FN3O4S. The van der Waals surface area contributed by atoms with Gasteiger partial charge in [-0.05, 0) is 43.5 Å². The normalized spacial score (nSPS) is 17.8. The van der Waals surface area contributed by atoms with Crippen LogP contribution in [0.1, 0.15) is 25.7 Å². The third kappa shape index (κ3) is 4.88. The molecule has 28 heavy (non-hydrogen) atoms. The van der Waals surface area contributed by atoms with Crippen LogP contribution in [0.2, 0.25) is 0 Å². The topological polar surface area (TPSA) is 78.0 Å². The lowest BCUT2D eigenvalue weighted by molar-refractivity contribution is -0.140. The Balaban J connectivity index is 1.42. The Kier molecular flexibility index (Phi) is 6.34. The Morgan fingerprint density at radius 2 is 1.64 bits per heavy atom. The van der Waals surface area contributed by atoms with E-state index in [1.165, 1.54) is 23.5 Å². The van der Waals surface area contributed by atoms with E-state index in [4.69, 9.17) is 0 Å². The second-order valence-electron chi connectivity index (χ2n) is 7.36. The molecule has 2 aliphatic rings. The van der Waals surface area contributed by atoms with Gasteiger partial charge in [-0.2, -0.15) is 0 Å². The molecule has 1 aromatic rings. The second-order valence-corrected chi connectivity index (χ2v) is 9.41. The van der Waals surface area contributed by atoms with Crippen LogP contribution >= 0.6 is 0 Å². The lowest BCUT2D eigenvalue weighted by Crippen LogP contribution is -2.51. The minimum absolute atomic E-state index is 0.0221. The maximum atomic E-state index is 13.0. The molecule has 0 atom stereocenters. The van der Waals surface area contributed by atoms with Crippen molar-refractivity contribution in [2.45, 2.75) is 30.6 Å². The van der Waals surface area contributed by atoms with Crippen molar-refractivity contribution in [3.05, 3.63) is 30.1 Å².